The van der Waals surface area contributed by atoms with Crippen molar-refractivity contribution in [1.82, 2.24) is 9.47 Å². The smallest absolute Gasteiger partial charge is 0.270 e. The summed E-state index contributed by atoms with van der Waals surface area (Å²) in [4.78, 5) is 17.2. The van der Waals surface area contributed by atoms with Gasteiger partial charge < -0.3 is 14.4 Å². The Kier molecular flexibility index (Phi) is 4.37. The van der Waals surface area contributed by atoms with E-state index in [-0.39, 0.29) is 11.7 Å². The van der Waals surface area contributed by atoms with Gasteiger partial charge in [0.25, 0.3) is 5.91 Å². The molecule has 1 amide bonds. The highest BCUT2D eigenvalue weighted by atomic mass is 19.1. The highest BCUT2D eigenvalue weighted by molar-refractivity contribution is 5.98. The van der Waals surface area contributed by atoms with Gasteiger partial charge in [-0.2, -0.15) is 0 Å². The number of rotatable bonds is 2. The summed E-state index contributed by atoms with van der Waals surface area (Å²) < 4.78 is 15.1. The van der Waals surface area contributed by atoms with Crippen LogP contribution < -0.4 is 4.90 Å². The van der Waals surface area contributed by atoms with Gasteiger partial charge in [-0.05, 0) is 42.8 Å². The van der Waals surface area contributed by atoms with Crippen molar-refractivity contribution in [3.63, 3.8) is 0 Å². The number of aryl methyl sites for hydroxylation is 1. The van der Waals surface area contributed by atoms with Gasteiger partial charge in [0.1, 0.15) is 11.5 Å². The van der Waals surface area contributed by atoms with E-state index < -0.39 is 0 Å². The van der Waals surface area contributed by atoms with E-state index in [4.69, 9.17) is 0 Å². The van der Waals surface area contributed by atoms with E-state index in [1.54, 1.807) is 12.1 Å². The Morgan fingerprint density at radius 3 is 2.50 bits per heavy atom. The van der Waals surface area contributed by atoms with Crippen molar-refractivity contribution < 1.29 is 9.18 Å². The molecule has 0 spiro atoms. The van der Waals surface area contributed by atoms with Crippen molar-refractivity contribution in [2.45, 2.75) is 6.42 Å². The molecule has 4 nitrogen and oxygen atoms in total. The van der Waals surface area contributed by atoms with Crippen molar-refractivity contribution in [3.8, 4) is 0 Å². The number of fused-ring (bicyclic) bond motifs is 1. The first-order valence-corrected chi connectivity index (χ1v) is 8.98. The fourth-order valence-corrected chi connectivity index (χ4v) is 3.69. The van der Waals surface area contributed by atoms with Crippen LogP contribution in [0.1, 0.15) is 16.9 Å². The molecular weight excluding hydrogens is 329 g/mol. The summed E-state index contributed by atoms with van der Waals surface area (Å²) in [6.07, 6.45) is 0.896. The SMILES string of the molecule is Cn1c(C(=O)N2CCCN(c3ccc(F)cc3)CC2)cc2ccccc21. The van der Waals surface area contributed by atoms with Crippen LogP contribution in [0.15, 0.2) is 54.6 Å². The molecule has 3 aromatic rings. The van der Waals surface area contributed by atoms with Crippen LogP contribution in [0.25, 0.3) is 10.9 Å². The van der Waals surface area contributed by atoms with Crippen LogP contribution >= 0.6 is 0 Å². The zero-order valence-corrected chi connectivity index (χ0v) is 14.9. The van der Waals surface area contributed by atoms with Gasteiger partial charge in [0.15, 0.2) is 0 Å². The summed E-state index contributed by atoms with van der Waals surface area (Å²) in [5.74, 6) is -0.152. The summed E-state index contributed by atoms with van der Waals surface area (Å²) in [5, 5.41) is 1.08. The number of amides is 1. The molecule has 0 aliphatic carbocycles. The number of anilines is 1. The second kappa shape index (κ2) is 6.83. The average Bonchev–Trinajstić information content (AvgIpc) is 2.83. The number of para-hydroxylation sites is 1. The summed E-state index contributed by atoms with van der Waals surface area (Å²) >= 11 is 0. The van der Waals surface area contributed by atoms with Crippen molar-refractivity contribution in [3.05, 3.63) is 66.1 Å². The Hall–Kier alpha value is -2.82. The minimum Gasteiger partial charge on any atom is -0.370 e. The quantitative estimate of drug-likeness (QED) is 0.705. The molecule has 0 saturated carbocycles. The number of halogens is 1. The van der Waals surface area contributed by atoms with E-state index in [9.17, 15) is 9.18 Å². The number of aromatic nitrogens is 1. The molecule has 2 heterocycles. The fourth-order valence-electron chi connectivity index (χ4n) is 3.69. The predicted octanol–water partition coefficient (Wildman–Crippen LogP) is 3.67. The fraction of sp³-hybridized carbons (Fsp3) is 0.286. The van der Waals surface area contributed by atoms with Gasteiger partial charge in [-0.15, -0.1) is 0 Å². The Balaban J connectivity index is 1.52. The van der Waals surface area contributed by atoms with Crippen LogP contribution in [-0.2, 0) is 7.05 Å². The third-order valence-electron chi connectivity index (χ3n) is 5.15. The maximum absolute atomic E-state index is 13.1. The molecular formula is C21H22FN3O. The number of hydrogen-bond donors (Lipinski definition) is 0. The first-order valence-electron chi connectivity index (χ1n) is 8.98. The molecule has 0 bridgehead atoms. The van der Waals surface area contributed by atoms with Crippen LogP contribution in [0.4, 0.5) is 10.1 Å². The molecule has 4 rings (SSSR count). The number of benzene rings is 2. The Bertz CT molecular complexity index is 932. The second-order valence-electron chi connectivity index (χ2n) is 6.76. The normalized spacial score (nSPS) is 15.3. The number of hydrogen-bond acceptors (Lipinski definition) is 2. The van der Waals surface area contributed by atoms with Crippen LogP contribution in [0.5, 0.6) is 0 Å². The molecule has 134 valence electrons. The summed E-state index contributed by atoms with van der Waals surface area (Å²) in [6, 6.07) is 16.6. The van der Waals surface area contributed by atoms with Crippen LogP contribution in [0.2, 0.25) is 0 Å². The third kappa shape index (κ3) is 3.05. The highest BCUT2D eigenvalue weighted by Crippen LogP contribution is 2.21. The molecule has 1 fully saturated rings. The van der Waals surface area contributed by atoms with Crippen molar-refractivity contribution in [1.29, 1.82) is 0 Å². The molecule has 1 aromatic heterocycles. The molecule has 0 radical (unpaired) electrons. The Morgan fingerprint density at radius 2 is 1.73 bits per heavy atom. The Morgan fingerprint density at radius 1 is 0.962 bits per heavy atom. The minimum absolute atomic E-state index is 0.0738. The van der Waals surface area contributed by atoms with E-state index in [2.05, 4.69) is 4.90 Å². The van der Waals surface area contributed by atoms with Gasteiger partial charge in [0.2, 0.25) is 0 Å². The zero-order valence-electron chi connectivity index (χ0n) is 14.9. The predicted molar refractivity (Wildman–Crippen MR) is 102 cm³/mol. The van der Waals surface area contributed by atoms with Crippen molar-refractivity contribution in [2.24, 2.45) is 7.05 Å². The van der Waals surface area contributed by atoms with Crippen LogP contribution in [0.3, 0.4) is 0 Å². The maximum Gasteiger partial charge on any atom is 0.270 e. The molecule has 0 atom stereocenters. The van der Waals surface area contributed by atoms with Gasteiger partial charge in [-0.3, -0.25) is 4.79 Å². The first kappa shape index (κ1) is 16.6. The van der Waals surface area contributed by atoms with Crippen LogP contribution in [-0.4, -0.2) is 41.6 Å². The topological polar surface area (TPSA) is 28.5 Å². The van der Waals surface area contributed by atoms with E-state index >= 15 is 0 Å². The highest BCUT2D eigenvalue weighted by Gasteiger charge is 2.23. The number of carbonyl (C=O) groups is 1. The van der Waals surface area contributed by atoms with E-state index in [1.807, 2.05) is 46.8 Å². The lowest BCUT2D eigenvalue weighted by molar-refractivity contribution is 0.0758. The van der Waals surface area contributed by atoms with Crippen molar-refractivity contribution in [2.75, 3.05) is 31.1 Å². The number of nitrogens with zero attached hydrogens (tertiary/aromatic N) is 3. The molecule has 2 aromatic carbocycles. The maximum atomic E-state index is 13.1. The molecule has 1 aliphatic heterocycles. The number of carbonyl (C=O) groups excluding carboxylic acids is 1. The lowest BCUT2D eigenvalue weighted by Crippen LogP contribution is -2.36. The van der Waals surface area contributed by atoms with Gasteiger partial charge in [-0.25, -0.2) is 4.39 Å². The Labute approximate surface area is 152 Å². The standard InChI is InChI=1S/C21H22FN3O/c1-23-19-6-3-2-5-16(19)15-20(23)21(26)25-12-4-11-24(13-14-25)18-9-7-17(22)8-10-18/h2-3,5-10,15H,4,11-14H2,1H3. The lowest BCUT2D eigenvalue weighted by Gasteiger charge is -2.24. The van der Waals surface area contributed by atoms with E-state index in [0.29, 0.717) is 6.54 Å². The molecule has 0 N–H and O–H groups in total. The van der Waals surface area contributed by atoms with Gasteiger partial charge in [0.05, 0.1) is 0 Å². The molecule has 26 heavy (non-hydrogen) atoms. The first-order chi connectivity index (χ1) is 12.6. The summed E-state index contributed by atoms with van der Waals surface area (Å²) in [5.41, 5.74) is 2.80. The molecule has 0 unspecified atom stereocenters. The molecule has 5 heteroatoms. The largest absolute Gasteiger partial charge is 0.370 e. The third-order valence-corrected chi connectivity index (χ3v) is 5.15. The summed E-state index contributed by atoms with van der Waals surface area (Å²) in [7, 11) is 1.94. The van der Waals surface area contributed by atoms with E-state index in [0.717, 1.165) is 48.3 Å². The van der Waals surface area contributed by atoms with Crippen LogP contribution in [0, 0.1) is 5.82 Å². The van der Waals surface area contributed by atoms with Gasteiger partial charge >= 0.3 is 0 Å². The minimum atomic E-state index is -0.226. The molecule has 1 aliphatic rings. The van der Waals surface area contributed by atoms with Gasteiger partial charge in [-0.1, -0.05) is 18.2 Å². The lowest BCUT2D eigenvalue weighted by atomic mass is 10.2. The second-order valence-corrected chi connectivity index (χ2v) is 6.76. The average molecular weight is 351 g/mol. The summed E-state index contributed by atoms with van der Waals surface area (Å²) in [6.45, 7) is 3.02. The zero-order chi connectivity index (χ0) is 18.1. The van der Waals surface area contributed by atoms with Crippen molar-refractivity contribution >= 4 is 22.5 Å². The molecule has 1 saturated heterocycles. The van der Waals surface area contributed by atoms with E-state index in [1.165, 1.54) is 12.1 Å². The van der Waals surface area contributed by atoms with Gasteiger partial charge in [0, 0.05) is 49.8 Å². The monoisotopic (exact) mass is 351 g/mol.